The van der Waals surface area contributed by atoms with Crippen LogP contribution < -0.4 is 0 Å². The van der Waals surface area contributed by atoms with Crippen molar-refractivity contribution < 1.29 is 4.43 Å². The second kappa shape index (κ2) is 2.73. The van der Waals surface area contributed by atoms with Crippen LogP contribution in [0.4, 0.5) is 0 Å². The molecule has 0 aliphatic heterocycles. The van der Waals surface area contributed by atoms with E-state index in [1.807, 2.05) is 0 Å². The molecule has 0 aliphatic carbocycles. The summed E-state index contributed by atoms with van der Waals surface area (Å²) >= 11 is 0. The summed E-state index contributed by atoms with van der Waals surface area (Å²) in [4.78, 5) is 3.37. The molecule has 0 radical (unpaired) electrons. The zero-order chi connectivity index (χ0) is 8.41. The van der Waals surface area contributed by atoms with Crippen molar-refractivity contribution in [3.05, 3.63) is 11.4 Å². The molecule has 0 aromatic carbocycles. The Labute approximate surface area is 64.1 Å². The van der Waals surface area contributed by atoms with Crippen LogP contribution in [0.3, 0.4) is 0 Å². The monoisotopic (exact) mass is 157 g/mol. The maximum Gasteiger partial charge on any atom is 0.322 e. The van der Waals surface area contributed by atoms with Gasteiger partial charge in [-0.05, 0) is 19.6 Å². The van der Waals surface area contributed by atoms with Crippen LogP contribution in [0, 0.1) is 6.57 Å². The van der Waals surface area contributed by atoms with E-state index in [4.69, 9.17) is 11.0 Å². The van der Waals surface area contributed by atoms with Gasteiger partial charge < -0.3 is 4.43 Å². The van der Waals surface area contributed by atoms with Gasteiger partial charge in [-0.3, -0.25) is 4.85 Å². The molecule has 0 aromatic heterocycles. The Bertz CT molecular complexity index is 152. The summed E-state index contributed by atoms with van der Waals surface area (Å²) in [7, 11) is -1.53. The van der Waals surface area contributed by atoms with Crippen molar-refractivity contribution in [2.75, 3.05) is 0 Å². The van der Waals surface area contributed by atoms with Gasteiger partial charge in [-0.2, -0.15) is 0 Å². The van der Waals surface area contributed by atoms with Gasteiger partial charge in [0.2, 0.25) is 0 Å². The SMILES string of the molecule is [C-]#[N+]C(C)(C)O[Si](C)(C)C. The average Bonchev–Trinajstić information content (AvgIpc) is 1.60. The molecule has 10 heavy (non-hydrogen) atoms. The van der Waals surface area contributed by atoms with Crippen LogP contribution in [-0.2, 0) is 4.43 Å². The highest BCUT2D eigenvalue weighted by molar-refractivity contribution is 6.69. The molecule has 0 saturated carbocycles. The lowest BCUT2D eigenvalue weighted by molar-refractivity contribution is 0.151. The highest BCUT2D eigenvalue weighted by Gasteiger charge is 2.31. The third kappa shape index (κ3) is 4.54. The summed E-state index contributed by atoms with van der Waals surface area (Å²) < 4.78 is 5.56. The third-order valence-electron chi connectivity index (χ3n) is 0.825. The molecule has 2 nitrogen and oxygen atoms in total. The topological polar surface area (TPSA) is 13.6 Å². The molecule has 0 fully saturated rings. The summed E-state index contributed by atoms with van der Waals surface area (Å²) in [6.07, 6.45) is 0. The van der Waals surface area contributed by atoms with Gasteiger partial charge in [0.05, 0.1) is 0 Å². The van der Waals surface area contributed by atoms with Crippen LogP contribution in [0.5, 0.6) is 0 Å². The van der Waals surface area contributed by atoms with E-state index in [0.717, 1.165) is 0 Å². The highest BCUT2D eigenvalue weighted by Crippen LogP contribution is 2.17. The zero-order valence-corrected chi connectivity index (χ0v) is 8.36. The lowest BCUT2D eigenvalue weighted by atomic mass is 10.3. The fraction of sp³-hybridized carbons (Fsp3) is 0.857. The van der Waals surface area contributed by atoms with Crippen LogP contribution in [0.15, 0.2) is 0 Å². The molecule has 0 saturated heterocycles. The number of hydrogen-bond acceptors (Lipinski definition) is 1. The van der Waals surface area contributed by atoms with Gasteiger partial charge in [0.1, 0.15) is 0 Å². The second-order valence-corrected chi connectivity index (χ2v) is 8.20. The van der Waals surface area contributed by atoms with Crippen LogP contribution >= 0.6 is 0 Å². The quantitative estimate of drug-likeness (QED) is 0.443. The van der Waals surface area contributed by atoms with Gasteiger partial charge in [0, 0.05) is 13.8 Å². The Morgan fingerprint density at radius 2 is 1.70 bits per heavy atom. The third-order valence-corrected chi connectivity index (χ3v) is 1.94. The largest absolute Gasteiger partial charge is 0.351 e. The zero-order valence-electron chi connectivity index (χ0n) is 7.36. The van der Waals surface area contributed by atoms with Crippen molar-refractivity contribution in [2.24, 2.45) is 0 Å². The Hall–Kier alpha value is -0.333. The fourth-order valence-electron chi connectivity index (χ4n) is 0.772. The highest BCUT2D eigenvalue weighted by atomic mass is 28.4. The van der Waals surface area contributed by atoms with Crippen LogP contribution in [0.25, 0.3) is 4.85 Å². The minimum absolute atomic E-state index is 0.621. The predicted octanol–water partition coefficient (Wildman–Crippen LogP) is 2.49. The maximum absolute atomic E-state index is 6.81. The molecule has 0 rings (SSSR count). The van der Waals surface area contributed by atoms with Crippen molar-refractivity contribution in [2.45, 2.75) is 39.2 Å². The van der Waals surface area contributed by atoms with Gasteiger partial charge >= 0.3 is 5.72 Å². The first-order valence-electron chi connectivity index (χ1n) is 3.36. The van der Waals surface area contributed by atoms with E-state index in [1.54, 1.807) is 13.8 Å². The second-order valence-electron chi connectivity index (χ2n) is 3.77. The van der Waals surface area contributed by atoms with E-state index < -0.39 is 14.0 Å². The molecule has 58 valence electrons. The minimum Gasteiger partial charge on any atom is -0.351 e. The van der Waals surface area contributed by atoms with Gasteiger partial charge in [0.25, 0.3) is 0 Å². The predicted molar refractivity (Wildman–Crippen MR) is 45.1 cm³/mol. The van der Waals surface area contributed by atoms with Crippen LogP contribution in [0.1, 0.15) is 13.8 Å². The summed E-state index contributed by atoms with van der Waals surface area (Å²) in [6.45, 7) is 16.7. The molecule has 0 spiro atoms. The minimum atomic E-state index is -1.53. The van der Waals surface area contributed by atoms with Crippen molar-refractivity contribution in [1.29, 1.82) is 0 Å². The molecule has 0 amide bonds. The molecule has 0 atom stereocenters. The molecule has 0 unspecified atom stereocenters. The summed E-state index contributed by atoms with van der Waals surface area (Å²) in [5.74, 6) is 0. The molecule has 0 aliphatic rings. The van der Waals surface area contributed by atoms with Crippen LogP contribution in [-0.4, -0.2) is 14.0 Å². The van der Waals surface area contributed by atoms with Gasteiger partial charge in [0.15, 0.2) is 8.32 Å². The van der Waals surface area contributed by atoms with Crippen molar-refractivity contribution in [3.8, 4) is 0 Å². The average molecular weight is 157 g/mol. The summed E-state index contributed by atoms with van der Waals surface area (Å²) in [5, 5.41) is 0. The molecular formula is C7H15NOSi. The summed E-state index contributed by atoms with van der Waals surface area (Å²) in [6, 6.07) is 0. The lowest BCUT2D eigenvalue weighted by Crippen LogP contribution is -2.35. The van der Waals surface area contributed by atoms with Crippen molar-refractivity contribution in [1.82, 2.24) is 0 Å². The Balaban J connectivity index is 4.05. The van der Waals surface area contributed by atoms with E-state index in [0.29, 0.717) is 0 Å². The Morgan fingerprint density at radius 1 is 1.30 bits per heavy atom. The van der Waals surface area contributed by atoms with E-state index >= 15 is 0 Å². The normalized spacial score (nSPS) is 12.8. The first kappa shape index (κ1) is 9.67. The van der Waals surface area contributed by atoms with E-state index in [2.05, 4.69) is 24.5 Å². The lowest BCUT2D eigenvalue weighted by Gasteiger charge is -2.22. The maximum atomic E-state index is 6.81. The summed E-state index contributed by atoms with van der Waals surface area (Å²) in [5.41, 5.74) is -0.621. The van der Waals surface area contributed by atoms with Crippen molar-refractivity contribution >= 4 is 8.32 Å². The van der Waals surface area contributed by atoms with E-state index in [-0.39, 0.29) is 0 Å². The molecule has 0 heterocycles. The van der Waals surface area contributed by atoms with Gasteiger partial charge in [-0.1, -0.05) is 0 Å². The van der Waals surface area contributed by atoms with E-state index in [1.165, 1.54) is 0 Å². The van der Waals surface area contributed by atoms with E-state index in [9.17, 15) is 0 Å². The molecule has 0 N–H and O–H groups in total. The molecule has 0 aromatic rings. The van der Waals surface area contributed by atoms with Crippen LogP contribution in [0.2, 0.25) is 19.6 Å². The van der Waals surface area contributed by atoms with Gasteiger partial charge in [-0.25, -0.2) is 6.57 Å². The molecule has 0 bridgehead atoms. The standard InChI is InChI=1S/C7H15NOSi/c1-7(2,8-3)9-10(4,5)6/h1-2,4-6H3. The smallest absolute Gasteiger partial charge is 0.322 e. The molecule has 3 heteroatoms. The van der Waals surface area contributed by atoms with Gasteiger partial charge in [-0.15, -0.1) is 0 Å². The molecular weight excluding hydrogens is 142 g/mol. The Kier molecular flexibility index (Phi) is 2.64. The first-order chi connectivity index (χ1) is 4.27. The number of hydrogen-bond donors (Lipinski definition) is 0. The Morgan fingerprint density at radius 3 is 1.80 bits per heavy atom. The number of nitrogens with zero attached hydrogens (tertiary/aromatic N) is 1. The van der Waals surface area contributed by atoms with Crippen molar-refractivity contribution in [3.63, 3.8) is 0 Å². The number of rotatable bonds is 2. The fourth-order valence-corrected chi connectivity index (χ4v) is 2.32. The first-order valence-corrected chi connectivity index (χ1v) is 6.76.